The van der Waals surface area contributed by atoms with E-state index in [4.69, 9.17) is 11.6 Å². The third-order valence-electron chi connectivity index (χ3n) is 5.46. The summed E-state index contributed by atoms with van der Waals surface area (Å²) in [7, 11) is 0. The summed E-state index contributed by atoms with van der Waals surface area (Å²) in [5, 5.41) is 16.7. The van der Waals surface area contributed by atoms with Gasteiger partial charge in [-0.2, -0.15) is 0 Å². The Labute approximate surface area is 223 Å². The molecule has 4 aromatic rings. The Morgan fingerprint density at radius 1 is 0.892 bits per heavy atom. The number of nitrogens with one attached hydrogen (secondary N) is 2. The molecule has 0 aliphatic rings. The first-order valence-electron chi connectivity index (χ1n) is 11.2. The molecule has 0 fully saturated rings. The number of hydrogen-bond donors (Lipinski definition) is 2. The topological polar surface area (TPSA) is 101 Å². The molecule has 4 rings (SSSR count). The van der Waals surface area contributed by atoms with E-state index in [0.717, 1.165) is 10.5 Å². The Morgan fingerprint density at radius 2 is 1.65 bits per heavy atom. The zero-order chi connectivity index (χ0) is 26.4. The van der Waals surface area contributed by atoms with Crippen molar-refractivity contribution in [3.63, 3.8) is 0 Å². The summed E-state index contributed by atoms with van der Waals surface area (Å²) in [6, 6.07) is 27.4. The first-order chi connectivity index (χ1) is 17.8. The number of nitro benzene ring substituents is 1. The minimum atomic E-state index is -0.654. The van der Waals surface area contributed by atoms with E-state index in [-0.39, 0.29) is 17.5 Å². The van der Waals surface area contributed by atoms with Gasteiger partial charge in [-0.15, -0.1) is 11.8 Å². The van der Waals surface area contributed by atoms with Crippen molar-refractivity contribution in [2.24, 2.45) is 0 Å². The fourth-order valence-electron chi connectivity index (χ4n) is 3.57. The van der Waals surface area contributed by atoms with Crippen LogP contribution in [0.1, 0.15) is 26.7 Å². The SMILES string of the molecule is Cc1ccc([N+](=O)[O-])cc1NC(=O)C(Sc1cccc(NC(=O)c2cccc(Cl)c2)c1)c1ccccc1. The second-order valence-corrected chi connectivity index (χ2v) is 9.76. The molecule has 4 aromatic carbocycles. The minimum Gasteiger partial charge on any atom is -0.324 e. The van der Waals surface area contributed by atoms with Crippen LogP contribution in [0.25, 0.3) is 0 Å². The number of rotatable bonds is 8. The molecule has 37 heavy (non-hydrogen) atoms. The van der Waals surface area contributed by atoms with Gasteiger partial charge in [-0.1, -0.05) is 60.1 Å². The summed E-state index contributed by atoms with van der Waals surface area (Å²) >= 11 is 7.31. The van der Waals surface area contributed by atoms with Crippen molar-refractivity contribution < 1.29 is 14.5 Å². The summed E-state index contributed by atoms with van der Waals surface area (Å²) in [4.78, 5) is 37.6. The fourth-order valence-corrected chi connectivity index (χ4v) is 4.85. The summed E-state index contributed by atoms with van der Waals surface area (Å²) in [6.07, 6.45) is 0. The Bertz CT molecular complexity index is 1460. The van der Waals surface area contributed by atoms with Crippen LogP contribution in [-0.2, 0) is 4.79 Å². The van der Waals surface area contributed by atoms with Crippen LogP contribution in [0.3, 0.4) is 0 Å². The zero-order valence-corrected chi connectivity index (χ0v) is 21.3. The quantitative estimate of drug-likeness (QED) is 0.141. The lowest BCUT2D eigenvalue weighted by atomic mass is 10.1. The summed E-state index contributed by atoms with van der Waals surface area (Å²) in [5.74, 6) is -0.628. The number of hydrogen-bond acceptors (Lipinski definition) is 5. The molecule has 0 heterocycles. The maximum absolute atomic E-state index is 13.4. The number of nitrogens with zero attached hydrogens (tertiary/aromatic N) is 1. The third-order valence-corrected chi connectivity index (χ3v) is 6.95. The van der Waals surface area contributed by atoms with Gasteiger partial charge >= 0.3 is 0 Å². The molecule has 0 saturated carbocycles. The smallest absolute Gasteiger partial charge is 0.271 e. The second-order valence-electron chi connectivity index (χ2n) is 8.15. The molecular formula is C28H22ClN3O4S. The number of anilines is 2. The largest absolute Gasteiger partial charge is 0.324 e. The molecule has 0 bridgehead atoms. The number of carbonyl (C=O) groups excluding carboxylic acids is 2. The summed E-state index contributed by atoms with van der Waals surface area (Å²) < 4.78 is 0. The van der Waals surface area contributed by atoms with E-state index in [0.29, 0.717) is 27.5 Å². The Kier molecular flexibility index (Phi) is 8.22. The number of halogens is 1. The standard InChI is InChI=1S/C28H22ClN3O4S/c1-18-13-14-23(32(35)36)17-25(18)31-28(34)26(19-7-3-2-4-8-19)37-24-12-6-11-22(16-24)30-27(33)20-9-5-10-21(29)15-20/h2-17,26H,1H3,(H,30,33)(H,31,34). The van der Waals surface area contributed by atoms with Crippen LogP contribution in [0.5, 0.6) is 0 Å². The summed E-state index contributed by atoms with van der Waals surface area (Å²) in [5.41, 5.74) is 2.75. The predicted octanol–water partition coefficient (Wildman–Crippen LogP) is 7.28. The van der Waals surface area contributed by atoms with Crippen molar-refractivity contribution in [2.75, 3.05) is 10.6 Å². The Morgan fingerprint density at radius 3 is 2.38 bits per heavy atom. The second kappa shape index (κ2) is 11.7. The van der Waals surface area contributed by atoms with E-state index in [1.54, 1.807) is 55.5 Å². The van der Waals surface area contributed by atoms with Crippen LogP contribution in [0.2, 0.25) is 5.02 Å². The van der Waals surface area contributed by atoms with Gasteiger partial charge in [0.2, 0.25) is 5.91 Å². The third kappa shape index (κ3) is 6.75. The van der Waals surface area contributed by atoms with E-state index in [2.05, 4.69) is 10.6 Å². The Balaban J connectivity index is 1.57. The highest BCUT2D eigenvalue weighted by Crippen LogP contribution is 2.37. The van der Waals surface area contributed by atoms with E-state index < -0.39 is 10.2 Å². The minimum absolute atomic E-state index is 0.104. The van der Waals surface area contributed by atoms with Crippen LogP contribution in [0.4, 0.5) is 17.1 Å². The molecule has 0 aromatic heterocycles. The lowest BCUT2D eigenvalue weighted by Gasteiger charge is -2.18. The van der Waals surface area contributed by atoms with Gasteiger partial charge in [-0.05, 0) is 54.4 Å². The highest BCUT2D eigenvalue weighted by atomic mass is 35.5. The van der Waals surface area contributed by atoms with Gasteiger partial charge in [0.25, 0.3) is 11.6 Å². The van der Waals surface area contributed by atoms with Gasteiger partial charge in [-0.25, -0.2) is 0 Å². The molecule has 0 radical (unpaired) electrons. The maximum atomic E-state index is 13.4. The van der Waals surface area contributed by atoms with Gasteiger partial charge in [0, 0.05) is 33.3 Å². The van der Waals surface area contributed by atoms with E-state index in [1.165, 1.54) is 23.9 Å². The molecular weight excluding hydrogens is 510 g/mol. The zero-order valence-electron chi connectivity index (χ0n) is 19.7. The van der Waals surface area contributed by atoms with Crippen molar-refractivity contribution in [1.29, 1.82) is 0 Å². The lowest BCUT2D eigenvalue weighted by Crippen LogP contribution is -2.19. The molecule has 1 unspecified atom stereocenters. The van der Waals surface area contributed by atoms with Crippen molar-refractivity contribution >= 4 is 52.2 Å². The van der Waals surface area contributed by atoms with E-state index in [9.17, 15) is 19.7 Å². The number of aryl methyl sites for hydroxylation is 1. The normalized spacial score (nSPS) is 11.4. The van der Waals surface area contributed by atoms with Crippen LogP contribution in [-0.4, -0.2) is 16.7 Å². The lowest BCUT2D eigenvalue weighted by molar-refractivity contribution is -0.384. The van der Waals surface area contributed by atoms with Crippen LogP contribution < -0.4 is 10.6 Å². The molecule has 0 saturated heterocycles. The predicted molar refractivity (Wildman–Crippen MR) is 147 cm³/mol. The number of non-ortho nitro benzene ring substituents is 1. The number of amides is 2. The highest BCUT2D eigenvalue weighted by Gasteiger charge is 2.23. The first-order valence-corrected chi connectivity index (χ1v) is 12.5. The van der Waals surface area contributed by atoms with Crippen LogP contribution >= 0.6 is 23.4 Å². The van der Waals surface area contributed by atoms with E-state index in [1.807, 2.05) is 36.4 Å². The maximum Gasteiger partial charge on any atom is 0.271 e. The van der Waals surface area contributed by atoms with Crippen molar-refractivity contribution in [3.05, 3.63) is 129 Å². The molecule has 0 aliphatic heterocycles. The number of thioether (sulfide) groups is 1. The van der Waals surface area contributed by atoms with Gasteiger partial charge in [0.15, 0.2) is 0 Å². The monoisotopic (exact) mass is 531 g/mol. The molecule has 9 heteroatoms. The molecule has 0 aliphatic carbocycles. The van der Waals surface area contributed by atoms with Gasteiger partial charge in [-0.3, -0.25) is 19.7 Å². The molecule has 1 atom stereocenters. The first kappa shape index (κ1) is 25.9. The van der Waals surface area contributed by atoms with Crippen molar-refractivity contribution in [3.8, 4) is 0 Å². The average molecular weight is 532 g/mol. The van der Waals surface area contributed by atoms with Crippen LogP contribution in [0.15, 0.2) is 102 Å². The van der Waals surface area contributed by atoms with Crippen molar-refractivity contribution in [2.45, 2.75) is 17.1 Å². The van der Waals surface area contributed by atoms with Gasteiger partial charge in [0.1, 0.15) is 5.25 Å². The fraction of sp³-hybridized carbons (Fsp3) is 0.0714. The summed E-state index contributed by atoms with van der Waals surface area (Å²) in [6.45, 7) is 1.77. The van der Waals surface area contributed by atoms with E-state index >= 15 is 0 Å². The molecule has 186 valence electrons. The number of benzene rings is 4. The molecule has 2 N–H and O–H groups in total. The van der Waals surface area contributed by atoms with Gasteiger partial charge < -0.3 is 10.6 Å². The number of carbonyl (C=O) groups is 2. The Hall–Kier alpha value is -4.14. The molecule has 0 spiro atoms. The number of nitro groups is 1. The molecule has 2 amide bonds. The average Bonchev–Trinajstić information content (AvgIpc) is 2.89. The van der Waals surface area contributed by atoms with Crippen molar-refractivity contribution in [1.82, 2.24) is 0 Å². The van der Waals surface area contributed by atoms with Gasteiger partial charge in [0.05, 0.1) is 10.6 Å². The van der Waals surface area contributed by atoms with Crippen LogP contribution in [0, 0.1) is 17.0 Å². The molecule has 7 nitrogen and oxygen atoms in total. The highest BCUT2D eigenvalue weighted by molar-refractivity contribution is 8.00.